The van der Waals surface area contributed by atoms with E-state index in [0.717, 1.165) is 43.1 Å². The summed E-state index contributed by atoms with van der Waals surface area (Å²) in [5, 5.41) is 0. The van der Waals surface area contributed by atoms with E-state index >= 15 is 0 Å². The third kappa shape index (κ3) is 16.9. The molecule has 0 spiro atoms. The van der Waals surface area contributed by atoms with E-state index in [1.54, 1.807) is 0 Å². The Kier molecular flexibility index (Phi) is 20.7. The summed E-state index contributed by atoms with van der Waals surface area (Å²) in [7, 11) is 0. The van der Waals surface area contributed by atoms with Crippen LogP contribution in [0.1, 0.15) is 148 Å². The molecule has 34 heavy (non-hydrogen) atoms. The van der Waals surface area contributed by atoms with E-state index in [9.17, 15) is 0 Å². The van der Waals surface area contributed by atoms with Crippen molar-refractivity contribution in [2.45, 2.75) is 142 Å². The number of terminal acetylenes is 1. The van der Waals surface area contributed by atoms with E-state index < -0.39 is 0 Å². The summed E-state index contributed by atoms with van der Waals surface area (Å²) >= 11 is 0. The summed E-state index contributed by atoms with van der Waals surface area (Å²) in [5.41, 5.74) is 0.851. The van der Waals surface area contributed by atoms with Crippen LogP contribution in [0.15, 0.2) is 18.2 Å². The molecule has 0 radical (unpaired) electrons. The number of hydrogen-bond donors (Lipinski definition) is 0. The van der Waals surface area contributed by atoms with Crippen molar-refractivity contribution in [3.8, 4) is 23.8 Å². The highest BCUT2D eigenvalue weighted by Gasteiger charge is 2.07. The average molecular weight is 471 g/mol. The van der Waals surface area contributed by atoms with Crippen LogP contribution in [0.3, 0.4) is 0 Å². The molecule has 194 valence electrons. The molecule has 0 atom stereocenters. The van der Waals surface area contributed by atoms with Gasteiger partial charge in [0.1, 0.15) is 0 Å². The van der Waals surface area contributed by atoms with Crippen LogP contribution in [0.5, 0.6) is 11.5 Å². The predicted molar refractivity (Wildman–Crippen MR) is 149 cm³/mol. The number of ether oxygens (including phenoxy) is 2. The lowest BCUT2D eigenvalue weighted by Gasteiger charge is -2.13. The Hall–Kier alpha value is -1.62. The third-order valence-electron chi connectivity index (χ3n) is 6.62. The molecule has 0 saturated carbocycles. The van der Waals surface area contributed by atoms with Crippen LogP contribution in [0.4, 0.5) is 0 Å². The zero-order valence-electron chi connectivity index (χ0n) is 22.7. The molecule has 0 fully saturated rings. The number of unbranched alkanes of at least 4 members (excludes halogenated alkanes) is 18. The Balaban J connectivity index is 2.14. The first-order valence-corrected chi connectivity index (χ1v) is 14.7. The lowest BCUT2D eigenvalue weighted by atomic mass is 10.1. The Labute approximate surface area is 212 Å². The Bertz CT molecular complexity index is 616. The van der Waals surface area contributed by atoms with Gasteiger partial charge in [-0.05, 0) is 31.0 Å². The molecular formula is C32H54O2. The topological polar surface area (TPSA) is 18.5 Å². The summed E-state index contributed by atoms with van der Waals surface area (Å²) in [5.74, 6) is 4.35. The molecule has 0 amide bonds. The van der Waals surface area contributed by atoms with Crippen LogP contribution in [-0.2, 0) is 0 Å². The lowest BCUT2D eigenvalue weighted by molar-refractivity contribution is 0.258. The molecule has 0 bridgehead atoms. The third-order valence-corrected chi connectivity index (χ3v) is 6.62. The fraction of sp³-hybridized carbons (Fsp3) is 0.750. The van der Waals surface area contributed by atoms with Gasteiger partial charge in [0.25, 0.3) is 0 Å². The molecule has 1 rings (SSSR count). The largest absolute Gasteiger partial charge is 0.490 e. The maximum Gasteiger partial charge on any atom is 0.162 e. The molecule has 0 aliphatic carbocycles. The van der Waals surface area contributed by atoms with Crippen LogP contribution < -0.4 is 9.47 Å². The molecule has 1 aromatic rings. The van der Waals surface area contributed by atoms with Crippen LogP contribution in [0.2, 0.25) is 0 Å². The van der Waals surface area contributed by atoms with E-state index in [1.807, 2.05) is 18.2 Å². The highest BCUT2D eigenvalue weighted by molar-refractivity contribution is 5.47. The van der Waals surface area contributed by atoms with Gasteiger partial charge >= 0.3 is 0 Å². The van der Waals surface area contributed by atoms with Crippen LogP contribution in [0, 0.1) is 12.3 Å². The highest BCUT2D eigenvalue weighted by atomic mass is 16.5. The molecule has 0 unspecified atom stereocenters. The summed E-state index contributed by atoms with van der Waals surface area (Å²) in [6.07, 6.45) is 32.2. The van der Waals surface area contributed by atoms with Crippen molar-refractivity contribution < 1.29 is 9.47 Å². The fourth-order valence-electron chi connectivity index (χ4n) is 4.37. The van der Waals surface area contributed by atoms with Crippen LogP contribution in [0.25, 0.3) is 0 Å². The van der Waals surface area contributed by atoms with Gasteiger partial charge in [-0.25, -0.2) is 0 Å². The van der Waals surface area contributed by atoms with Crippen LogP contribution in [-0.4, -0.2) is 13.2 Å². The molecule has 0 N–H and O–H groups in total. The van der Waals surface area contributed by atoms with Crippen molar-refractivity contribution in [1.82, 2.24) is 0 Å². The molecule has 0 heterocycles. The van der Waals surface area contributed by atoms with Gasteiger partial charge in [0.2, 0.25) is 0 Å². The second-order valence-corrected chi connectivity index (χ2v) is 9.87. The van der Waals surface area contributed by atoms with Gasteiger partial charge in [-0.1, -0.05) is 135 Å². The first-order chi connectivity index (χ1) is 16.8. The minimum atomic E-state index is 0.735. The molecule has 0 aromatic heterocycles. The second kappa shape index (κ2) is 23.1. The van der Waals surface area contributed by atoms with E-state index in [0.29, 0.717) is 0 Å². The zero-order valence-corrected chi connectivity index (χ0v) is 22.7. The molecule has 0 aliphatic heterocycles. The Morgan fingerprint density at radius 1 is 0.529 bits per heavy atom. The van der Waals surface area contributed by atoms with Gasteiger partial charge in [0.05, 0.1) is 13.2 Å². The summed E-state index contributed by atoms with van der Waals surface area (Å²) in [6, 6.07) is 5.87. The van der Waals surface area contributed by atoms with Gasteiger partial charge in [0.15, 0.2) is 11.5 Å². The van der Waals surface area contributed by atoms with Crippen molar-refractivity contribution in [3.63, 3.8) is 0 Å². The molecule has 2 heteroatoms. The minimum Gasteiger partial charge on any atom is -0.490 e. The van der Waals surface area contributed by atoms with Crippen molar-refractivity contribution in [2.24, 2.45) is 0 Å². The smallest absolute Gasteiger partial charge is 0.162 e. The van der Waals surface area contributed by atoms with Crippen molar-refractivity contribution in [3.05, 3.63) is 23.8 Å². The monoisotopic (exact) mass is 470 g/mol. The molecular weight excluding hydrogens is 416 g/mol. The van der Waals surface area contributed by atoms with Gasteiger partial charge in [-0.3, -0.25) is 0 Å². The average Bonchev–Trinajstić information content (AvgIpc) is 2.86. The number of rotatable bonds is 24. The number of benzene rings is 1. The quantitative estimate of drug-likeness (QED) is 0.110. The fourth-order valence-corrected chi connectivity index (χ4v) is 4.37. The van der Waals surface area contributed by atoms with E-state index in [4.69, 9.17) is 15.9 Å². The highest BCUT2D eigenvalue weighted by Crippen LogP contribution is 2.29. The summed E-state index contributed by atoms with van der Waals surface area (Å²) < 4.78 is 12.1. The minimum absolute atomic E-state index is 0.735. The summed E-state index contributed by atoms with van der Waals surface area (Å²) in [4.78, 5) is 0. The normalized spacial score (nSPS) is 10.9. The van der Waals surface area contributed by atoms with Gasteiger partial charge in [0, 0.05) is 5.56 Å². The first-order valence-electron chi connectivity index (χ1n) is 14.7. The molecule has 0 saturated heterocycles. The van der Waals surface area contributed by atoms with E-state index in [-0.39, 0.29) is 0 Å². The van der Waals surface area contributed by atoms with E-state index in [2.05, 4.69) is 19.8 Å². The van der Waals surface area contributed by atoms with Gasteiger partial charge < -0.3 is 9.47 Å². The summed E-state index contributed by atoms with van der Waals surface area (Å²) in [6.45, 7) is 6.04. The maximum atomic E-state index is 6.08. The first kappa shape index (κ1) is 30.4. The predicted octanol–water partition coefficient (Wildman–Crippen LogP) is 10.3. The molecule has 2 nitrogen and oxygen atoms in total. The van der Waals surface area contributed by atoms with Gasteiger partial charge in [-0.2, -0.15) is 0 Å². The molecule has 0 aliphatic rings. The van der Waals surface area contributed by atoms with Gasteiger partial charge in [-0.15, -0.1) is 6.42 Å². The standard InChI is InChI=1S/C32H54O2/c1-4-7-9-11-13-15-17-19-21-23-27-33-31-26-25-30(6-3)29-32(31)34-28-24-22-20-18-16-14-12-10-8-5-2/h3,25-26,29H,4-5,7-24,27-28H2,1-2H3. The Morgan fingerprint density at radius 3 is 1.32 bits per heavy atom. The lowest BCUT2D eigenvalue weighted by Crippen LogP contribution is -2.03. The van der Waals surface area contributed by atoms with Crippen molar-refractivity contribution in [1.29, 1.82) is 0 Å². The SMILES string of the molecule is C#Cc1ccc(OCCCCCCCCCCCC)c(OCCCCCCCCCCCC)c1. The number of hydrogen-bond acceptors (Lipinski definition) is 2. The maximum absolute atomic E-state index is 6.08. The van der Waals surface area contributed by atoms with E-state index in [1.165, 1.54) is 116 Å². The van der Waals surface area contributed by atoms with Crippen molar-refractivity contribution >= 4 is 0 Å². The Morgan fingerprint density at radius 2 is 0.912 bits per heavy atom. The molecule has 1 aromatic carbocycles. The second-order valence-electron chi connectivity index (χ2n) is 9.87. The van der Waals surface area contributed by atoms with Crippen LogP contribution >= 0.6 is 0 Å². The van der Waals surface area contributed by atoms with Crippen molar-refractivity contribution in [2.75, 3.05) is 13.2 Å². The zero-order chi connectivity index (χ0) is 24.5.